The first-order valence-electron chi connectivity index (χ1n) is 10.4. The number of amides is 3. The number of anilines is 1. The summed E-state index contributed by atoms with van der Waals surface area (Å²) in [5.74, 6) is -0.0285. The van der Waals surface area contributed by atoms with Crippen LogP contribution in [0.5, 0.6) is 0 Å². The molecule has 1 saturated carbocycles. The Kier molecular flexibility index (Phi) is 5.55. The third-order valence-corrected chi connectivity index (χ3v) is 6.20. The van der Waals surface area contributed by atoms with Crippen LogP contribution in [0.3, 0.4) is 0 Å². The highest BCUT2D eigenvalue weighted by molar-refractivity contribution is 6.06. The molecule has 4 rings (SSSR count). The van der Waals surface area contributed by atoms with Gasteiger partial charge in [-0.25, -0.2) is 9.69 Å². The number of benzene rings is 1. The minimum atomic E-state index is -0.630. The van der Waals surface area contributed by atoms with Crippen LogP contribution in [0.25, 0.3) is 0 Å². The van der Waals surface area contributed by atoms with Crippen molar-refractivity contribution in [1.82, 2.24) is 10.2 Å². The third-order valence-electron chi connectivity index (χ3n) is 6.20. The number of ether oxygens (including phenoxy) is 1. The van der Waals surface area contributed by atoms with E-state index in [2.05, 4.69) is 34.5 Å². The summed E-state index contributed by atoms with van der Waals surface area (Å²) in [5, 5.41) is 2.99. The van der Waals surface area contributed by atoms with Gasteiger partial charge in [0.25, 0.3) is 5.91 Å². The number of carbonyl (C=O) groups excluding carboxylic acids is 2. The van der Waals surface area contributed by atoms with E-state index >= 15 is 0 Å². The molecule has 2 saturated heterocycles. The monoisotopic (exact) mass is 387 g/mol. The van der Waals surface area contributed by atoms with Gasteiger partial charge in [-0.1, -0.05) is 31.4 Å². The fourth-order valence-corrected chi connectivity index (χ4v) is 4.63. The van der Waals surface area contributed by atoms with Gasteiger partial charge < -0.3 is 19.9 Å². The van der Waals surface area contributed by atoms with Crippen molar-refractivity contribution in [3.8, 4) is 0 Å². The average molecular weight is 388 g/mol. The third kappa shape index (κ3) is 3.86. The van der Waals surface area contributed by atoms with E-state index in [4.69, 9.17) is 4.74 Å². The molecule has 1 aliphatic carbocycles. The Labute approximate surface area is 166 Å². The Bertz CT molecular complexity index is 709. The Balaban J connectivity index is 1.34. The molecular formula is C21H31N4O3+. The summed E-state index contributed by atoms with van der Waals surface area (Å²) in [6.45, 7) is 4.59. The molecule has 3 aliphatic rings. The van der Waals surface area contributed by atoms with Gasteiger partial charge in [-0.15, -0.1) is 0 Å². The van der Waals surface area contributed by atoms with E-state index in [1.165, 1.54) is 16.2 Å². The number of quaternary nitrogens is 1. The van der Waals surface area contributed by atoms with Gasteiger partial charge in [-0.2, -0.15) is 0 Å². The van der Waals surface area contributed by atoms with E-state index in [1.807, 2.05) is 7.05 Å². The smallest absolute Gasteiger partial charge is 0.329 e. The van der Waals surface area contributed by atoms with E-state index in [9.17, 15) is 9.59 Å². The number of carbonyl (C=O) groups is 2. The second-order valence-electron chi connectivity index (χ2n) is 8.36. The lowest BCUT2D eigenvalue weighted by Gasteiger charge is -2.30. The van der Waals surface area contributed by atoms with Gasteiger partial charge in [0.2, 0.25) is 0 Å². The summed E-state index contributed by atoms with van der Waals surface area (Å²) in [6.07, 6.45) is 4.72. The maximum absolute atomic E-state index is 12.9. The van der Waals surface area contributed by atoms with Crippen molar-refractivity contribution < 1.29 is 19.2 Å². The lowest BCUT2D eigenvalue weighted by Crippen LogP contribution is -3.09. The van der Waals surface area contributed by atoms with E-state index in [0.717, 1.165) is 69.9 Å². The molecule has 1 unspecified atom stereocenters. The predicted molar refractivity (Wildman–Crippen MR) is 106 cm³/mol. The van der Waals surface area contributed by atoms with Crippen molar-refractivity contribution in [3.05, 3.63) is 29.8 Å². The fraction of sp³-hybridized carbons (Fsp3) is 0.619. The van der Waals surface area contributed by atoms with Crippen LogP contribution < -0.4 is 15.1 Å². The maximum Gasteiger partial charge on any atom is 0.329 e. The summed E-state index contributed by atoms with van der Waals surface area (Å²) in [4.78, 5) is 30.2. The lowest BCUT2D eigenvalue weighted by atomic mass is 9.82. The molecule has 7 nitrogen and oxygen atoms in total. The Hall–Kier alpha value is -2.12. The molecule has 1 aromatic carbocycles. The number of hydrogen-bond acceptors (Lipinski definition) is 4. The molecule has 3 amide bonds. The first-order chi connectivity index (χ1) is 13.6. The highest BCUT2D eigenvalue weighted by atomic mass is 16.5. The van der Waals surface area contributed by atoms with Gasteiger partial charge in [-0.05, 0) is 25.0 Å². The minimum Gasteiger partial charge on any atom is -0.378 e. The first-order valence-corrected chi connectivity index (χ1v) is 10.4. The van der Waals surface area contributed by atoms with E-state index in [-0.39, 0.29) is 11.9 Å². The van der Waals surface area contributed by atoms with Gasteiger partial charge in [-0.3, -0.25) is 4.79 Å². The van der Waals surface area contributed by atoms with Gasteiger partial charge in [0.15, 0.2) is 6.67 Å². The minimum absolute atomic E-state index is 0.0285. The molecule has 1 aromatic rings. The normalized spacial score (nSPS) is 23.2. The number of rotatable bonds is 5. The molecule has 3 fully saturated rings. The molecule has 1 spiro atoms. The summed E-state index contributed by atoms with van der Waals surface area (Å²) in [5.41, 5.74) is 1.79. The van der Waals surface area contributed by atoms with Gasteiger partial charge >= 0.3 is 6.03 Å². The second kappa shape index (κ2) is 8.09. The van der Waals surface area contributed by atoms with Crippen LogP contribution >= 0.6 is 0 Å². The van der Waals surface area contributed by atoms with Crippen molar-refractivity contribution in [3.63, 3.8) is 0 Å². The van der Waals surface area contributed by atoms with Crippen LogP contribution in [0.4, 0.5) is 10.5 Å². The molecule has 1 atom stereocenters. The summed E-state index contributed by atoms with van der Waals surface area (Å²) in [7, 11) is 2.03. The van der Waals surface area contributed by atoms with Crippen LogP contribution in [0.15, 0.2) is 24.3 Å². The van der Waals surface area contributed by atoms with Crippen LogP contribution in [0.1, 0.15) is 37.7 Å². The predicted octanol–water partition coefficient (Wildman–Crippen LogP) is 0.750. The SMILES string of the molecule is C[NH+](Cc1ccc(N2CCOCC2)cc1)CN1C(=O)NC2(CCCCC2)C1=O. The number of nitrogens with zero attached hydrogens (tertiary/aromatic N) is 2. The van der Waals surface area contributed by atoms with E-state index < -0.39 is 5.54 Å². The zero-order chi connectivity index (χ0) is 19.6. The zero-order valence-corrected chi connectivity index (χ0v) is 16.7. The standard InChI is InChI=1S/C21H30N4O3/c1-23(15-17-5-7-18(8-6-17)24-11-13-28-14-12-24)16-25-19(26)21(22-20(25)27)9-3-2-4-10-21/h5-8H,2-4,9-16H2,1H3,(H,22,27)/p+1. The number of urea groups is 1. The summed E-state index contributed by atoms with van der Waals surface area (Å²) < 4.78 is 5.41. The average Bonchev–Trinajstić information content (AvgIpc) is 2.93. The van der Waals surface area contributed by atoms with E-state index in [1.54, 1.807) is 0 Å². The van der Waals surface area contributed by atoms with Crippen molar-refractivity contribution in [2.75, 3.05) is 44.9 Å². The molecule has 0 aromatic heterocycles. The maximum atomic E-state index is 12.9. The number of imide groups is 1. The Morgan fingerprint density at radius 1 is 1.07 bits per heavy atom. The van der Waals surface area contributed by atoms with Gasteiger partial charge in [0.1, 0.15) is 12.1 Å². The highest BCUT2D eigenvalue weighted by Crippen LogP contribution is 2.33. The number of hydrogen-bond donors (Lipinski definition) is 2. The number of nitrogens with one attached hydrogen (secondary N) is 2. The van der Waals surface area contributed by atoms with E-state index in [0.29, 0.717) is 6.67 Å². The van der Waals surface area contributed by atoms with Crippen molar-refractivity contribution in [2.24, 2.45) is 0 Å². The van der Waals surface area contributed by atoms with Crippen molar-refractivity contribution >= 4 is 17.6 Å². The molecule has 152 valence electrons. The molecule has 2 aliphatic heterocycles. The van der Waals surface area contributed by atoms with Crippen molar-refractivity contribution in [1.29, 1.82) is 0 Å². The fourth-order valence-electron chi connectivity index (χ4n) is 4.63. The number of morpholine rings is 1. The largest absolute Gasteiger partial charge is 0.378 e. The summed E-state index contributed by atoms with van der Waals surface area (Å²) in [6, 6.07) is 8.36. The topological polar surface area (TPSA) is 66.3 Å². The zero-order valence-electron chi connectivity index (χ0n) is 16.7. The van der Waals surface area contributed by atoms with Crippen LogP contribution in [-0.2, 0) is 16.1 Å². The quantitative estimate of drug-likeness (QED) is 0.732. The molecule has 0 bridgehead atoms. The van der Waals surface area contributed by atoms with Crippen LogP contribution in [0, 0.1) is 0 Å². The van der Waals surface area contributed by atoms with Gasteiger partial charge in [0.05, 0.1) is 20.3 Å². The first kappa shape index (κ1) is 19.2. The lowest BCUT2D eigenvalue weighted by molar-refractivity contribution is -0.901. The highest BCUT2D eigenvalue weighted by Gasteiger charge is 2.52. The van der Waals surface area contributed by atoms with Crippen LogP contribution in [0.2, 0.25) is 0 Å². The Morgan fingerprint density at radius 2 is 1.75 bits per heavy atom. The van der Waals surface area contributed by atoms with Gasteiger partial charge in [0, 0.05) is 24.3 Å². The molecule has 2 N–H and O–H groups in total. The van der Waals surface area contributed by atoms with Crippen molar-refractivity contribution in [2.45, 2.75) is 44.2 Å². The van der Waals surface area contributed by atoms with Crippen LogP contribution in [-0.4, -0.2) is 62.4 Å². The molecular weight excluding hydrogens is 356 g/mol. The second-order valence-corrected chi connectivity index (χ2v) is 8.36. The molecule has 2 heterocycles. The Morgan fingerprint density at radius 3 is 2.43 bits per heavy atom. The summed E-state index contributed by atoms with van der Waals surface area (Å²) >= 11 is 0. The molecule has 28 heavy (non-hydrogen) atoms. The molecule has 7 heteroatoms. The molecule has 0 radical (unpaired) electrons.